The Bertz CT molecular complexity index is 341. The Morgan fingerprint density at radius 3 is 3.06 bits per heavy atom. The number of carboxylic acid groups (broad SMARTS) is 1. The van der Waals surface area contributed by atoms with Crippen LogP contribution in [-0.4, -0.2) is 34.3 Å². The molecule has 0 radical (unpaired) electrons. The number of carbonyl (C=O) groups is 1. The summed E-state index contributed by atoms with van der Waals surface area (Å²) in [6.07, 6.45) is 3.15. The molecule has 90 valence electrons. The normalized spacial score (nSPS) is 12.6. The third-order valence-electron chi connectivity index (χ3n) is 2.21. The molecule has 0 saturated heterocycles. The number of nitrogens with one attached hydrogen (secondary N) is 1. The number of thioether (sulfide) groups is 1. The molecule has 1 aromatic rings. The van der Waals surface area contributed by atoms with Gasteiger partial charge in [-0.25, -0.2) is 4.79 Å². The number of rotatable bonds is 7. The zero-order valence-corrected chi connectivity index (χ0v) is 10.2. The summed E-state index contributed by atoms with van der Waals surface area (Å²) in [7, 11) is 0. The average molecular weight is 244 g/mol. The lowest BCUT2D eigenvalue weighted by Crippen LogP contribution is -2.17. The lowest BCUT2D eigenvalue weighted by molar-refractivity contribution is 0.0685. The van der Waals surface area contributed by atoms with Crippen molar-refractivity contribution in [2.45, 2.75) is 25.1 Å². The molecule has 0 amide bonds. The van der Waals surface area contributed by atoms with E-state index < -0.39 is 5.97 Å². The summed E-state index contributed by atoms with van der Waals surface area (Å²) >= 11 is 1.83. The molecular formula is C10H16N2O3S. The Balaban J connectivity index is 2.24. The molecule has 0 bridgehead atoms. The Labute approximate surface area is 98.6 Å². The van der Waals surface area contributed by atoms with Gasteiger partial charge in [-0.1, -0.05) is 12.1 Å². The van der Waals surface area contributed by atoms with Gasteiger partial charge in [0.05, 0.1) is 6.54 Å². The van der Waals surface area contributed by atoms with E-state index in [1.165, 1.54) is 6.07 Å². The van der Waals surface area contributed by atoms with E-state index in [9.17, 15) is 4.79 Å². The molecule has 0 aromatic carbocycles. The fourth-order valence-electron chi connectivity index (χ4n) is 1.13. The van der Waals surface area contributed by atoms with Crippen molar-refractivity contribution in [2.24, 2.45) is 0 Å². The minimum Gasteiger partial charge on any atom is -0.476 e. The average Bonchev–Trinajstić information content (AvgIpc) is 2.72. The summed E-state index contributed by atoms with van der Waals surface area (Å²) in [5.74, 6) is -0.514. The summed E-state index contributed by atoms with van der Waals surface area (Å²) in [6, 6.07) is 1.44. The molecule has 1 heterocycles. The van der Waals surface area contributed by atoms with Gasteiger partial charge in [-0.05, 0) is 19.2 Å². The van der Waals surface area contributed by atoms with Crippen LogP contribution in [0.2, 0.25) is 0 Å². The minimum atomic E-state index is -1.06. The maximum Gasteiger partial charge on any atom is 0.358 e. The quantitative estimate of drug-likeness (QED) is 0.710. The van der Waals surface area contributed by atoms with E-state index in [1.54, 1.807) is 0 Å². The van der Waals surface area contributed by atoms with Gasteiger partial charge in [0.25, 0.3) is 0 Å². The van der Waals surface area contributed by atoms with Gasteiger partial charge >= 0.3 is 5.97 Å². The fourth-order valence-corrected chi connectivity index (χ4v) is 1.49. The molecule has 6 heteroatoms. The molecule has 0 fully saturated rings. The zero-order valence-electron chi connectivity index (χ0n) is 9.40. The van der Waals surface area contributed by atoms with Crippen LogP contribution in [0.15, 0.2) is 10.6 Å². The Hall–Kier alpha value is -1.01. The molecule has 2 N–H and O–H groups in total. The van der Waals surface area contributed by atoms with Crippen molar-refractivity contribution in [3.63, 3.8) is 0 Å². The molecule has 1 unspecified atom stereocenters. The van der Waals surface area contributed by atoms with Gasteiger partial charge in [0.2, 0.25) is 0 Å². The molecule has 0 saturated carbocycles. The number of aromatic carboxylic acids is 1. The van der Waals surface area contributed by atoms with Crippen LogP contribution in [0, 0.1) is 0 Å². The molecule has 0 aliphatic carbocycles. The molecule has 1 rings (SSSR count). The van der Waals surface area contributed by atoms with Gasteiger partial charge in [-0.3, -0.25) is 0 Å². The minimum absolute atomic E-state index is 0.0470. The van der Waals surface area contributed by atoms with Crippen LogP contribution < -0.4 is 5.32 Å². The van der Waals surface area contributed by atoms with E-state index in [4.69, 9.17) is 9.63 Å². The first-order chi connectivity index (χ1) is 7.63. The van der Waals surface area contributed by atoms with Crippen molar-refractivity contribution in [3.05, 3.63) is 17.5 Å². The van der Waals surface area contributed by atoms with E-state index in [0.717, 1.165) is 13.0 Å². The third-order valence-corrected chi connectivity index (χ3v) is 3.25. The molecule has 1 aromatic heterocycles. The van der Waals surface area contributed by atoms with Crippen LogP contribution in [0.4, 0.5) is 0 Å². The summed E-state index contributed by atoms with van der Waals surface area (Å²) in [5, 5.41) is 15.9. The third kappa shape index (κ3) is 4.24. The number of hydrogen-bond donors (Lipinski definition) is 2. The predicted molar refractivity (Wildman–Crippen MR) is 62.8 cm³/mol. The highest BCUT2D eigenvalue weighted by Gasteiger charge is 2.09. The lowest BCUT2D eigenvalue weighted by atomic mass is 10.3. The SMILES string of the molecule is CSC(C)CCNCc1cc(C(=O)O)no1. The highest BCUT2D eigenvalue weighted by molar-refractivity contribution is 7.99. The van der Waals surface area contributed by atoms with Crippen LogP contribution >= 0.6 is 11.8 Å². The summed E-state index contributed by atoms with van der Waals surface area (Å²) in [5.41, 5.74) is -0.0470. The maximum absolute atomic E-state index is 10.5. The molecule has 16 heavy (non-hydrogen) atoms. The number of carboxylic acids is 1. The predicted octanol–water partition coefficient (Wildman–Crippen LogP) is 1.60. The van der Waals surface area contributed by atoms with Gasteiger partial charge in [0, 0.05) is 11.3 Å². The summed E-state index contributed by atoms with van der Waals surface area (Å²) in [4.78, 5) is 10.5. The van der Waals surface area contributed by atoms with Crippen LogP contribution in [0.3, 0.4) is 0 Å². The lowest BCUT2D eigenvalue weighted by Gasteiger charge is -2.07. The standard InChI is InChI=1S/C10H16N2O3S/c1-7(16-2)3-4-11-6-8-5-9(10(13)14)12-15-8/h5,7,11H,3-4,6H2,1-2H3,(H,13,14). The number of hydrogen-bond acceptors (Lipinski definition) is 5. The van der Waals surface area contributed by atoms with Crippen LogP contribution in [0.25, 0.3) is 0 Å². The second kappa shape index (κ2) is 6.55. The van der Waals surface area contributed by atoms with Crippen molar-refractivity contribution in [1.82, 2.24) is 10.5 Å². The van der Waals surface area contributed by atoms with Crippen molar-refractivity contribution in [2.75, 3.05) is 12.8 Å². The van der Waals surface area contributed by atoms with E-state index in [2.05, 4.69) is 23.7 Å². The van der Waals surface area contributed by atoms with Crippen molar-refractivity contribution < 1.29 is 14.4 Å². The van der Waals surface area contributed by atoms with Gasteiger partial charge in [0.15, 0.2) is 11.5 Å². The van der Waals surface area contributed by atoms with E-state index in [-0.39, 0.29) is 5.69 Å². The summed E-state index contributed by atoms with van der Waals surface area (Å²) in [6.45, 7) is 3.57. The first kappa shape index (κ1) is 13.1. The Morgan fingerprint density at radius 1 is 1.75 bits per heavy atom. The first-order valence-corrected chi connectivity index (χ1v) is 6.34. The second-order valence-corrected chi connectivity index (χ2v) is 4.77. The van der Waals surface area contributed by atoms with E-state index in [0.29, 0.717) is 17.6 Å². The van der Waals surface area contributed by atoms with Gasteiger partial charge in [0.1, 0.15) is 0 Å². The molecule has 0 spiro atoms. The largest absolute Gasteiger partial charge is 0.476 e. The Morgan fingerprint density at radius 2 is 2.50 bits per heavy atom. The molecule has 5 nitrogen and oxygen atoms in total. The molecule has 0 aliphatic heterocycles. The van der Waals surface area contributed by atoms with Crippen LogP contribution in [0.1, 0.15) is 29.6 Å². The molecule has 0 aliphatic rings. The second-order valence-electron chi connectivity index (χ2n) is 3.50. The smallest absolute Gasteiger partial charge is 0.358 e. The zero-order chi connectivity index (χ0) is 12.0. The molecular weight excluding hydrogens is 228 g/mol. The van der Waals surface area contributed by atoms with E-state index >= 15 is 0 Å². The monoisotopic (exact) mass is 244 g/mol. The maximum atomic E-state index is 10.5. The Kier molecular flexibility index (Phi) is 5.34. The highest BCUT2D eigenvalue weighted by Crippen LogP contribution is 2.08. The van der Waals surface area contributed by atoms with Crippen molar-refractivity contribution in [3.8, 4) is 0 Å². The molecule has 1 atom stereocenters. The van der Waals surface area contributed by atoms with Crippen molar-refractivity contribution >= 4 is 17.7 Å². The fraction of sp³-hybridized carbons (Fsp3) is 0.600. The van der Waals surface area contributed by atoms with Crippen LogP contribution in [-0.2, 0) is 6.54 Å². The first-order valence-electron chi connectivity index (χ1n) is 5.06. The van der Waals surface area contributed by atoms with Gasteiger partial charge in [-0.2, -0.15) is 11.8 Å². The van der Waals surface area contributed by atoms with Gasteiger partial charge < -0.3 is 14.9 Å². The number of nitrogens with zero attached hydrogens (tertiary/aromatic N) is 1. The van der Waals surface area contributed by atoms with Crippen molar-refractivity contribution in [1.29, 1.82) is 0 Å². The number of aromatic nitrogens is 1. The highest BCUT2D eigenvalue weighted by atomic mass is 32.2. The summed E-state index contributed by atoms with van der Waals surface area (Å²) < 4.78 is 4.86. The van der Waals surface area contributed by atoms with Gasteiger partial charge in [-0.15, -0.1) is 0 Å². The van der Waals surface area contributed by atoms with E-state index in [1.807, 2.05) is 11.8 Å². The van der Waals surface area contributed by atoms with Crippen LogP contribution in [0.5, 0.6) is 0 Å². The topological polar surface area (TPSA) is 75.4 Å².